The zero-order chi connectivity index (χ0) is 19.5. The number of hydrogen-bond acceptors (Lipinski definition) is 5. The molecular formula is C20H22N2O5. The van der Waals surface area contributed by atoms with Gasteiger partial charge in [-0.1, -0.05) is 18.2 Å². The lowest BCUT2D eigenvalue weighted by atomic mass is 10.2. The Hall–Kier alpha value is -3.35. The van der Waals surface area contributed by atoms with E-state index in [1.54, 1.807) is 31.3 Å². The van der Waals surface area contributed by atoms with Crippen molar-refractivity contribution in [2.24, 2.45) is 0 Å². The largest absolute Gasteiger partial charge is 0.494 e. The van der Waals surface area contributed by atoms with Crippen LogP contribution in [0.3, 0.4) is 0 Å². The second kappa shape index (κ2) is 10.6. The van der Waals surface area contributed by atoms with E-state index in [1.165, 1.54) is 0 Å². The second-order valence-corrected chi connectivity index (χ2v) is 5.63. The summed E-state index contributed by atoms with van der Waals surface area (Å²) in [6.07, 6.45) is 0.664. The molecule has 0 radical (unpaired) electrons. The maximum atomic E-state index is 11.8. The summed E-state index contributed by atoms with van der Waals surface area (Å²) in [5.41, 5.74) is 1.000. The topological polar surface area (TPSA) is 93.7 Å². The summed E-state index contributed by atoms with van der Waals surface area (Å²) in [7, 11) is 1.54. The van der Waals surface area contributed by atoms with Gasteiger partial charge in [0.25, 0.3) is 11.8 Å². The fourth-order valence-corrected chi connectivity index (χ4v) is 2.19. The number of ether oxygens (including phenoxy) is 2. The van der Waals surface area contributed by atoms with Crippen molar-refractivity contribution in [3.63, 3.8) is 0 Å². The summed E-state index contributed by atoms with van der Waals surface area (Å²) in [6.45, 7) is 0.0264. The summed E-state index contributed by atoms with van der Waals surface area (Å²) < 4.78 is 10.4. The Balaban J connectivity index is 1.63. The average Bonchev–Trinajstić information content (AvgIpc) is 2.70. The molecule has 0 unspecified atom stereocenters. The van der Waals surface area contributed by atoms with Crippen LogP contribution in [0.5, 0.6) is 5.75 Å². The Kier molecular flexibility index (Phi) is 7.84. The normalized spacial score (nSPS) is 9.96. The van der Waals surface area contributed by atoms with E-state index >= 15 is 0 Å². The van der Waals surface area contributed by atoms with Gasteiger partial charge in [-0.05, 0) is 42.8 Å². The summed E-state index contributed by atoms with van der Waals surface area (Å²) in [5.74, 6) is -0.376. The fourth-order valence-electron chi connectivity index (χ4n) is 2.19. The fraction of sp³-hybridized carbons (Fsp3) is 0.250. The van der Waals surface area contributed by atoms with E-state index in [0.29, 0.717) is 24.3 Å². The maximum absolute atomic E-state index is 11.8. The molecule has 0 spiro atoms. The number of anilines is 1. The molecule has 0 aliphatic carbocycles. The van der Waals surface area contributed by atoms with Gasteiger partial charge in [-0.25, -0.2) is 0 Å². The van der Waals surface area contributed by atoms with Crippen LogP contribution in [0.2, 0.25) is 0 Å². The van der Waals surface area contributed by atoms with Gasteiger partial charge in [0, 0.05) is 24.7 Å². The molecule has 2 rings (SSSR count). The van der Waals surface area contributed by atoms with Crippen LogP contribution >= 0.6 is 0 Å². The van der Waals surface area contributed by atoms with Crippen molar-refractivity contribution < 1.29 is 23.9 Å². The molecule has 142 valence electrons. The lowest BCUT2D eigenvalue weighted by Crippen LogP contribution is -2.21. The van der Waals surface area contributed by atoms with E-state index in [0.717, 1.165) is 5.75 Å². The van der Waals surface area contributed by atoms with Crippen LogP contribution in [0.4, 0.5) is 5.69 Å². The Morgan fingerprint density at radius 3 is 2.33 bits per heavy atom. The van der Waals surface area contributed by atoms with Crippen molar-refractivity contribution >= 4 is 23.5 Å². The monoisotopic (exact) mass is 370 g/mol. The highest BCUT2D eigenvalue weighted by molar-refractivity contribution is 5.96. The molecule has 0 atom stereocenters. The molecule has 2 N–H and O–H groups in total. The maximum Gasteiger partial charge on any atom is 0.306 e. The van der Waals surface area contributed by atoms with Crippen LogP contribution in [0, 0.1) is 0 Å². The third kappa shape index (κ3) is 7.19. The van der Waals surface area contributed by atoms with Crippen molar-refractivity contribution in [2.75, 3.05) is 25.6 Å². The van der Waals surface area contributed by atoms with Crippen molar-refractivity contribution in [2.45, 2.75) is 12.8 Å². The number of carbonyl (C=O) groups excluding carboxylic acids is 3. The highest BCUT2D eigenvalue weighted by Gasteiger charge is 2.09. The SMILES string of the molecule is CNC(=O)c1ccc(NC(=O)COC(=O)CCCOc2ccccc2)cc1. The first kappa shape index (κ1) is 20.0. The Morgan fingerprint density at radius 2 is 1.67 bits per heavy atom. The number of benzene rings is 2. The molecule has 2 aromatic carbocycles. The third-order valence-corrected chi connectivity index (χ3v) is 3.56. The number of rotatable bonds is 9. The van der Waals surface area contributed by atoms with E-state index in [-0.39, 0.29) is 18.9 Å². The van der Waals surface area contributed by atoms with Crippen LogP contribution in [-0.4, -0.2) is 38.0 Å². The molecule has 0 bridgehead atoms. The number of para-hydroxylation sites is 1. The number of esters is 1. The van der Waals surface area contributed by atoms with Gasteiger partial charge in [-0.15, -0.1) is 0 Å². The van der Waals surface area contributed by atoms with E-state index in [2.05, 4.69) is 10.6 Å². The van der Waals surface area contributed by atoms with Crippen molar-refractivity contribution in [3.8, 4) is 5.75 Å². The number of nitrogens with one attached hydrogen (secondary N) is 2. The van der Waals surface area contributed by atoms with E-state index < -0.39 is 11.9 Å². The molecule has 0 saturated carbocycles. The van der Waals surface area contributed by atoms with E-state index in [1.807, 2.05) is 30.3 Å². The van der Waals surface area contributed by atoms with E-state index in [4.69, 9.17) is 9.47 Å². The third-order valence-electron chi connectivity index (χ3n) is 3.56. The Morgan fingerprint density at radius 1 is 0.963 bits per heavy atom. The Labute approximate surface area is 157 Å². The first-order valence-electron chi connectivity index (χ1n) is 8.54. The van der Waals surface area contributed by atoms with Crippen molar-refractivity contribution in [1.29, 1.82) is 0 Å². The number of carbonyl (C=O) groups is 3. The minimum Gasteiger partial charge on any atom is -0.494 e. The van der Waals surface area contributed by atoms with Gasteiger partial charge in [0.15, 0.2) is 6.61 Å². The molecule has 7 nitrogen and oxygen atoms in total. The Bertz CT molecular complexity index is 760. The first-order valence-corrected chi connectivity index (χ1v) is 8.54. The summed E-state index contributed by atoms with van der Waals surface area (Å²) in [5, 5.41) is 5.11. The standard InChI is InChI=1S/C20H22N2O5/c1-21-20(25)15-9-11-16(12-10-15)22-18(23)14-27-19(24)8-5-13-26-17-6-3-2-4-7-17/h2-4,6-7,9-12H,5,8,13-14H2,1H3,(H,21,25)(H,22,23). The highest BCUT2D eigenvalue weighted by Crippen LogP contribution is 2.10. The molecule has 0 saturated heterocycles. The van der Waals surface area contributed by atoms with Crippen LogP contribution in [0.1, 0.15) is 23.2 Å². The zero-order valence-electron chi connectivity index (χ0n) is 15.1. The second-order valence-electron chi connectivity index (χ2n) is 5.63. The first-order chi connectivity index (χ1) is 13.1. The van der Waals surface area contributed by atoms with Gasteiger partial charge in [0.05, 0.1) is 6.61 Å². The zero-order valence-corrected chi connectivity index (χ0v) is 15.1. The molecule has 2 aromatic rings. The average molecular weight is 370 g/mol. The van der Waals surface area contributed by atoms with Gasteiger partial charge in [0.1, 0.15) is 5.75 Å². The molecule has 0 fully saturated rings. The molecule has 0 aliphatic heterocycles. The van der Waals surface area contributed by atoms with Gasteiger partial charge in [0.2, 0.25) is 0 Å². The lowest BCUT2D eigenvalue weighted by Gasteiger charge is -2.08. The van der Waals surface area contributed by atoms with E-state index in [9.17, 15) is 14.4 Å². The minimum atomic E-state index is -0.461. The van der Waals surface area contributed by atoms with Gasteiger partial charge in [-0.2, -0.15) is 0 Å². The molecule has 27 heavy (non-hydrogen) atoms. The molecule has 0 aliphatic rings. The van der Waals surface area contributed by atoms with Gasteiger partial charge >= 0.3 is 5.97 Å². The van der Waals surface area contributed by atoms with Crippen LogP contribution < -0.4 is 15.4 Å². The molecule has 0 aromatic heterocycles. The minimum absolute atomic E-state index is 0.168. The van der Waals surface area contributed by atoms with Gasteiger partial charge in [-0.3, -0.25) is 14.4 Å². The number of hydrogen-bond donors (Lipinski definition) is 2. The predicted molar refractivity (Wildman–Crippen MR) is 101 cm³/mol. The molecule has 0 heterocycles. The van der Waals surface area contributed by atoms with Crippen LogP contribution in [-0.2, 0) is 14.3 Å². The summed E-state index contributed by atoms with van der Waals surface area (Å²) in [6, 6.07) is 15.7. The molecule has 2 amide bonds. The predicted octanol–water partition coefficient (Wildman–Crippen LogP) is 2.39. The van der Waals surface area contributed by atoms with Gasteiger partial charge < -0.3 is 20.1 Å². The van der Waals surface area contributed by atoms with Crippen molar-refractivity contribution in [3.05, 3.63) is 60.2 Å². The lowest BCUT2D eigenvalue weighted by molar-refractivity contribution is -0.147. The quantitative estimate of drug-likeness (QED) is 0.522. The molecular weight excluding hydrogens is 348 g/mol. The summed E-state index contributed by atoms with van der Waals surface area (Å²) in [4.78, 5) is 34.9. The highest BCUT2D eigenvalue weighted by atomic mass is 16.5. The van der Waals surface area contributed by atoms with Crippen molar-refractivity contribution in [1.82, 2.24) is 5.32 Å². The van der Waals surface area contributed by atoms with Crippen LogP contribution in [0.25, 0.3) is 0 Å². The molecule has 7 heteroatoms. The summed E-state index contributed by atoms with van der Waals surface area (Å²) >= 11 is 0. The number of amides is 2. The smallest absolute Gasteiger partial charge is 0.306 e. The van der Waals surface area contributed by atoms with Crippen LogP contribution in [0.15, 0.2) is 54.6 Å².